The zero-order valence-electron chi connectivity index (χ0n) is 7.73. The van der Waals surface area contributed by atoms with Crippen LogP contribution in [0.2, 0.25) is 0 Å². The Morgan fingerprint density at radius 3 is 2.15 bits per heavy atom. The summed E-state index contributed by atoms with van der Waals surface area (Å²) in [6.45, 7) is 5.09. The van der Waals surface area contributed by atoms with E-state index in [1.807, 2.05) is 0 Å². The van der Waals surface area contributed by atoms with Crippen molar-refractivity contribution < 1.29 is 24.5 Å². The van der Waals surface area contributed by atoms with Crippen LogP contribution in [0.4, 0.5) is 0 Å². The van der Waals surface area contributed by atoms with Gasteiger partial charge < -0.3 is 5.11 Å². The summed E-state index contributed by atoms with van der Waals surface area (Å²) in [7, 11) is 0. The van der Waals surface area contributed by atoms with Crippen molar-refractivity contribution in [1.82, 2.24) is 0 Å². The number of carbonyl (C=O) groups is 2. The highest BCUT2D eigenvalue weighted by molar-refractivity contribution is 5.90. The lowest BCUT2D eigenvalue weighted by Crippen LogP contribution is -2.21. The minimum absolute atomic E-state index is 0.604. The lowest BCUT2D eigenvalue weighted by molar-refractivity contribution is -0.316. The van der Waals surface area contributed by atoms with Gasteiger partial charge in [0.25, 0.3) is 0 Å². The summed E-state index contributed by atoms with van der Waals surface area (Å²) in [5, 5.41) is 8.16. The highest BCUT2D eigenvalue weighted by Crippen LogP contribution is 2.06. The van der Waals surface area contributed by atoms with Gasteiger partial charge in [-0.3, -0.25) is 4.89 Å². The molecule has 5 nitrogen and oxygen atoms in total. The molecule has 13 heavy (non-hydrogen) atoms. The zero-order chi connectivity index (χ0) is 10.5. The lowest BCUT2D eigenvalue weighted by atomic mass is 10.2. The van der Waals surface area contributed by atoms with Gasteiger partial charge >= 0.3 is 11.9 Å². The van der Waals surface area contributed by atoms with Crippen LogP contribution in [0.5, 0.6) is 0 Å². The summed E-state index contributed by atoms with van der Waals surface area (Å²) in [6.07, 6.45) is 1.45. The Morgan fingerprint density at radius 1 is 1.23 bits per heavy atom. The molecule has 0 aliphatic heterocycles. The summed E-state index contributed by atoms with van der Waals surface area (Å²) >= 11 is 0. The second-order valence-electron chi connectivity index (χ2n) is 3.27. The van der Waals surface area contributed by atoms with Crippen LogP contribution >= 0.6 is 0 Å². The van der Waals surface area contributed by atoms with E-state index in [0.29, 0.717) is 6.08 Å². The maximum Gasteiger partial charge on any atom is 0.366 e. The number of carboxylic acid groups (broad SMARTS) is 1. The number of hydrogen-bond acceptors (Lipinski definition) is 4. The van der Waals surface area contributed by atoms with Crippen LogP contribution < -0.4 is 0 Å². The summed E-state index contributed by atoms with van der Waals surface area (Å²) in [5.41, 5.74) is -0.604. The van der Waals surface area contributed by atoms with Crippen LogP contribution in [0, 0.1) is 0 Å². The maximum atomic E-state index is 10.7. The van der Waals surface area contributed by atoms with E-state index >= 15 is 0 Å². The fourth-order valence-corrected chi connectivity index (χ4v) is 0.333. The summed E-state index contributed by atoms with van der Waals surface area (Å²) in [4.78, 5) is 29.6. The van der Waals surface area contributed by atoms with Crippen molar-refractivity contribution in [1.29, 1.82) is 0 Å². The molecule has 0 aromatic rings. The molecule has 0 aliphatic carbocycles. The molecule has 0 radical (unpaired) electrons. The fourth-order valence-electron chi connectivity index (χ4n) is 0.333. The van der Waals surface area contributed by atoms with Gasteiger partial charge in [0.2, 0.25) is 0 Å². The minimum atomic E-state index is -1.22. The first-order valence-corrected chi connectivity index (χ1v) is 3.62. The molecule has 0 heterocycles. The van der Waals surface area contributed by atoms with Crippen molar-refractivity contribution in [2.45, 2.75) is 26.4 Å². The topological polar surface area (TPSA) is 72.8 Å². The summed E-state index contributed by atoms with van der Waals surface area (Å²) < 4.78 is 0. The van der Waals surface area contributed by atoms with Gasteiger partial charge in [-0.15, -0.1) is 0 Å². The van der Waals surface area contributed by atoms with Gasteiger partial charge in [0.15, 0.2) is 0 Å². The first-order chi connectivity index (χ1) is 5.81. The van der Waals surface area contributed by atoms with E-state index in [2.05, 4.69) is 9.78 Å². The SMILES string of the molecule is CC(C)(C)OOC(=O)C=CC(=O)O. The molecule has 0 amide bonds. The molecule has 0 bridgehead atoms. The van der Waals surface area contributed by atoms with Gasteiger partial charge in [-0.2, -0.15) is 4.89 Å². The minimum Gasteiger partial charge on any atom is -0.478 e. The predicted molar refractivity (Wildman–Crippen MR) is 43.7 cm³/mol. The van der Waals surface area contributed by atoms with Crippen LogP contribution in [0.15, 0.2) is 12.2 Å². The molecule has 5 heteroatoms. The first kappa shape index (κ1) is 11.6. The van der Waals surface area contributed by atoms with Crippen molar-refractivity contribution in [2.24, 2.45) is 0 Å². The van der Waals surface area contributed by atoms with Crippen molar-refractivity contribution in [3.8, 4) is 0 Å². The standard InChI is InChI=1S/C8H12O5/c1-8(2,3)13-12-7(11)5-4-6(9)10/h4-5H,1-3H3,(H,9,10). The Labute approximate surface area is 75.9 Å². The largest absolute Gasteiger partial charge is 0.478 e. The molecular formula is C8H12O5. The monoisotopic (exact) mass is 188 g/mol. The van der Waals surface area contributed by atoms with Crippen LogP contribution in [-0.4, -0.2) is 22.6 Å². The Hall–Kier alpha value is -1.36. The number of carboxylic acids is 1. The molecule has 0 spiro atoms. The number of aliphatic carboxylic acids is 1. The Kier molecular flexibility index (Phi) is 4.13. The smallest absolute Gasteiger partial charge is 0.366 e. The van der Waals surface area contributed by atoms with E-state index in [9.17, 15) is 9.59 Å². The molecule has 0 aromatic heterocycles. The molecule has 0 unspecified atom stereocenters. The van der Waals surface area contributed by atoms with E-state index in [1.165, 1.54) is 0 Å². The zero-order valence-corrected chi connectivity index (χ0v) is 7.73. The molecule has 74 valence electrons. The van der Waals surface area contributed by atoms with Crippen molar-refractivity contribution in [2.75, 3.05) is 0 Å². The molecule has 1 N–H and O–H groups in total. The third kappa shape index (κ3) is 8.55. The number of carbonyl (C=O) groups excluding carboxylic acids is 1. The van der Waals surface area contributed by atoms with Crippen LogP contribution in [0.3, 0.4) is 0 Å². The molecular weight excluding hydrogens is 176 g/mol. The average molecular weight is 188 g/mol. The average Bonchev–Trinajstić information content (AvgIpc) is 1.95. The van der Waals surface area contributed by atoms with Gasteiger partial charge in [-0.25, -0.2) is 9.59 Å². The van der Waals surface area contributed by atoms with Gasteiger partial charge in [0.1, 0.15) is 5.60 Å². The fraction of sp³-hybridized carbons (Fsp3) is 0.500. The van der Waals surface area contributed by atoms with Crippen molar-refractivity contribution in [3.63, 3.8) is 0 Å². The van der Waals surface area contributed by atoms with Crippen LogP contribution in [0.1, 0.15) is 20.8 Å². The van der Waals surface area contributed by atoms with E-state index in [0.717, 1.165) is 6.08 Å². The van der Waals surface area contributed by atoms with Gasteiger partial charge in [-0.1, -0.05) is 0 Å². The molecule has 0 fully saturated rings. The number of hydrogen-bond donors (Lipinski definition) is 1. The van der Waals surface area contributed by atoms with E-state index in [1.54, 1.807) is 20.8 Å². The Morgan fingerprint density at radius 2 is 1.77 bits per heavy atom. The number of rotatable bonds is 3. The van der Waals surface area contributed by atoms with Gasteiger partial charge in [-0.05, 0) is 20.8 Å². The predicted octanol–water partition coefficient (Wildman–Crippen LogP) is 0.900. The first-order valence-electron chi connectivity index (χ1n) is 3.62. The van der Waals surface area contributed by atoms with Crippen molar-refractivity contribution >= 4 is 11.9 Å². The van der Waals surface area contributed by atoms with E-state index in [-0.39, 0.29) is 0 Å². The normalized spacial score (nSPS) is 11.6. The Balaban J connectivity index is 3.83. The third-order valence-electron chi connectivity index (χ3n) is 0.736. The van der Waals surface area contributed by atoms with Gasteiger partial charge in [0, 0.05) is 12.2 Å². The van der Waals surface area contributed by atoms with Crippen LogP contribution in [-0.2, 0) is 19.4 Å². The van der Waals surface area contributed by atoms with Gasteiger partial charge in [0.05, 0.1) is 0 Å². The summed E-state index contributed by atoms with van der Waals surface area (Å²) in [6, 6.07) is 0. The highest BCUT2D eigenvalue weighted by atomic mass is 17.2. The van der Waals surface area contributed by atoms with Crippen LogP contribution in [0.25, 0.3) is 0 Å². The lowest BCUT2D eigenvalue weighted by Gasteiger charge is -2.15. The van der Waals surface area contributed by atoms with Crippen molar-refractivity contribution in [3.05, 3.63) is 12.2 Å². The molecule has 0 rings (SSSR count). The quantitative estimate of drug-likeness (QED) is 0.404. The van der Waals surface area contributed by atoms with E-state index < -0.39 is 17.5 Å². The second kappa shape index (κ2) is 4.61. The second-order valence-corrected chi connectivity index (χ2v) is 3.27. The maximum absolute atomic E-state index is 10.7. The Bertz CT molecular complexity index is 223. The van der Waals surface area contributed by atoms with E-state index in [4.69, 9.17) is 5.11 Å². The molecule has 0 aliphatic rings. The highest BCUT2D eigenvalue weighted by Gasteiger charge is 2.13. The molecule has 0 saturated heterocycles. The molecule has 0 aromatic carbocycles. The molecule has 0 saturated carbocycles. The summed E-state index contributed by atoms with van der Waals surface area (Å²) in [5.74, 6) is -2.06. The molecule has 0 atom stereocenters. The third-order valence-corrected chi connectivity index (χ3v) is 0.736.